The Bertz CT molecular complexity index is 845. The predicted octanol–water partition coefficient (Wildman–Crippen LogP) is 4.67. The van der Waals surface area contributed by atoms with Crippen LogP contribution in [0.2, 0.25) is 0 Å². The van der Waals surface area contributed by atoms with Crippen LogP contribution in [0.4, 0.5) is 0 Å². The summed E-state index contributed by atoms with van der Waals surface area (Å²) in [4.78, 5) is 11.5. The Kier molecular flexibility index (Phi) is 5.88. The lowest BCUT2D eigenvalue weighted by Crippen LogP contribution is -2.02. The molecule has 0 aliphatic rings. The van der Waals surface area contributed by atoms with Gasteiger partial charge in [0.1, 0.15) is 19.0 Å². The van der Waals surface area contributed by atoms with E-state index in [1.54, 1.807) is 19.2 Å². The van der Waals surface area contributed by atoms with Gasteiger partial charge in [-0.2, -0.15) is 0 Å². The molecule has 0 bridgehead atoms. The van der Waals surface area contributed by atoms with Gasteiger partial charge in [0.25, 0.3) is 0 Å². The number of rotatable bonds is 8. The normalized spacial score (nSPS) is 10.2. The summed E-state index contributed by atoms with van der Waals surface area (Å²) in [7, 11) is 1.54. The molecule has 0 amide bonds. The van der Waals surface area contributed by atoms with Gasteiger partial charge < -0.3 is 14.2 Å². The highest BCUT2D eigenvalue weighted by molar-refractivity contribution is 5.82. The molecule has 0 unspecified atom stereocenters. The van der Waals surface area contributed by atoms with Crippen molar-refractivity contribution in [3.05, 3.63) is 89.5 Å². The Morgan fingerprint density at radius 1 is 0.808 bits per heavy atom. The molecule has 0 spiro atoms. The van der Waals surface area contributed by atoms with Crippen LogP contribution >= 0.6 is 0 Å². The number of methoxy groups -OCH3 is 1. The molecule has 0 heterocycles. The first-order valence-electron chi connectivity index (χ1n) is 8.31. The maximum atomic E-state index is 11.5. The Labute approximate surface area is 153 Å². The average Bonchev–Trinajstić information content (AvgIpc) is 2.72. The first kappa shape index (κ1) is 17.5. The van der Waals surface area contributed by atoms with Crippen molar-refractivity contribution < 1.29 is 19.0 Å². The highest BCUT2D eigenvalue weighted by Gasteiger charge is 2.14. The van der Waals surface area contributed by atoms with Gasteiger partial charge in [-0.1, -0.05) is 60.7 Å². The minimum absolute atomic E-state index is 0.349. The molecule has 132 valence electrons. The standard InChI is InChI=1S/C22H20O4/c1-24-21-13-20(25-15-17-8-4-2-5-9-17)12-19(14-23)22(21)26-16-18-10-6-3-7-11-18/h2-14H,15-16H2,1H3. The molecular formula is C22H20O4. The van der Waals surface area contributed by atoms with Crippen LogP contribution in [-0.2, 0) is 13.2 Å². The topological polar surface area (TPSA) is 44.8 Å². The number of hydrogen-bond donors (Lipinski definition) is 0. The summed E-state index contributed by atoms with van der Waals surface area (Å²) < 4.78 is 17.0. The first-order valence-corrected chi connectivity index (χ1v) is 8.31. The monoisotopic (exact) mass is 348 g/mol. The van der Waals surface area contributed by atoms with E-state index in [9.17, 15) is 4.79 Å². The van der Waals surface area contributed by atoms with Gasteiger partial charge in [0.2, 0.25) is 0 Å². The van der Waals surface area contributed by atoms with Gasteiger partial charge in [-0.15, -0.1) is 0 Å². The van der Waals surface area contributed by atoms with E-state index < -0.39 is 0 Å². The third-order valence-electron chi connectivity index (χ3n) is 3.88. The smallest absolute Gasteiger partial charge is 0.172 e. The zero-order chi connectivity index (χ0) is 18.2. The zero-order valence-electron chi connectivity index (χ0n) is 14.6. The molecule has 0 aromatic heterocycles. The third-order valence-corrected chi connectivity index (χ3v) is 3.88. The minimum atomic E-state index is 0.349. The maximum absolute atomic E-state index is 11.5. The lowest BCUT2D eigenvalue weighted by atomic mass is 10.1. The van der Waals surface area contributed by atoms with E-state index in [1.807, 2.05) is 60.7 Å². The lowest BCUT2D eigenvalue weighted by Gasteiger charge is -2.15. The maximum Gasteiger partial charge on any atom is 0.172 e. The summed E-state index contributed by atoms with van der Waals surface area (Å²) in [6.45, 7) is 0.759. The largest absolute Gasteiger partial charge is 0.493 e. The van der Waals surface area contributed by atoms with Crippen LogP contribution in [0.15, 0.2) is 72.8 Å². The second-order valence-corrected chi connectivity index (χ2v) is 5.71. The zero-order valence-corrected chi connectivity index (χ0v) is 14.6. The van der Waals surface area contributed by atoms with E-state index in [-0.39, 0.29) is 0 Å². The summed E-state index contributed by atoms with van der Waals surface area (Å²) >= 11 is 0. The van der Waals surface area contributed by atoms with Crippen molar-refractivity contribution in [1.29, 1.82) is 0 Å². The molecule has 0 aliphatic carbocycles. The molecule has 0 N–H and O–H groups in total. The van der Waals surface area contributed by atoms with Crippen molar-refractivity contribution in [2.24, 2.45) is 0 Å². The Balaban J connectivity index is 1.78. The van der Waals surface area contributed by atoms with Gasteiger partial charge in [0, 0.05) is 6.07 Å². The Morgan fingerprint density at radius 3 is 1.92 bits per heavy atom. The van der Waals surface area contributed by atoms with Gasteiger partial charge in [-0.05, 0) is 17.2 Å². The third kappa shape index (κ3) is 4.42. The minimum Gasteiger partial charge on any atom is -0.493 e. The Morgan fingerprint density at radius 2 is 1.38 bits per heavy atom. The molecule has 4 heteroatoms. The van der Waals surface area contributed by atoms with E-state index in [0.717, 1.165) is 17.4 Å². The van der Waals surface area contributed by atoms with Crippen LogP contribution in [0.25, 0.3) is 0 Å². The van der Waals surface area contributed by atoms with Gasteiger partial charge in [0.15, 0.2) is 17.8 Å². The molecule has 3 aromatic carbocycles. The fourth-order valence-electron chi connectivity index (χ4n) is 2.55. The molecule has 0 saturated heterocycles. The number of ether oxygens (including phenoxy) is 3. The fraction of sp³-hybridized carbons (Fsp3) is 0.136. The van der Waals surface area contributed by atoms with Crippen LogP contribution in [0.1, 0.15) is 21.5 Å². The van der Waals surface area contributed by atoms with E-state index in [4.69, 9.17) is 14.2 Å². The van der Waals surface area contributed by atoms with Crippen molar-refractivity contribution in [1.82, 2.24) is 0 Å². The molecule has 3 aromatic rings. The van der Waals surface area contributed by atoms with Gasteiger partial charge in [-0.25, -0.2) is 0 Å². The van der Waals surface area contributed by atoms with Crippen molar-refractivity contribution >= 4 is 6.29 Å². The number of carbonyl (C=O) groups is 1. The van der Waals surface area contributed by atoms with Crippen LogP contribution in [0, 0.1) is 0 Å². The first-order chi connectivity index (χ1) is 12.8. The number of benzene rings is 3. The number of hydrogen-bond acceptors (Lipinski definition) is 4. The van der Waals surface area contributed by atoms with Crippen LogP contribution in [0.3, 0.4) is 0 Å². The van der Waals surface area contributed by atoms with Crippen molar-refractivity contribution in [2.45, 2.75) is 13.2 Å². The molecular weight excluding hydrogens is 328 g/mol. The van der Waals surface area contributed by atoms with Crippen LogP contribution < -0.4 is 14.2 Å². The summed E-state index contributed by atoms with van der Waals surface area (Å²) in [6, 6.07) is 23.0. The van der Waals surface area contributed by atoms with E-state index in [2.05, 4.69) is 0 Å². The molecule has 0 radical (unpaired) electrons. The van der Waals surface area contributed by atoms with Gasteiger partial charge in [-0.3, -0.25) is 4.79 Å². The number of carbonyl (C=O) groups excluding carboxylic acids is 1. The van der Waals surface area contributed by atoms with Crippen molar-refractivity contribution in [3.8, 4) is 17.2 Å². The number of aldehydes is 1. The van der Waals surface area contributed by atoms with Crippen LogP contribution in [0.5, 0.6) is 17.2 Å². The summed E-state index contributed by atoms with van der Waals surface area (Å²) in [6.07, 6.45) is 0.748. The summed E-state index contributed by atoms with van der Waals surface area (Å²) in [5.74, 6) is 1.44. The molecule has 26 heavy (non-hydrogen) atoms. The second-order valence-electron chi connectivity index (χ2n) is 5.71. The summed E-state index contributed by atoms with van der Waals surface area (Å²) in [5, 5.41) is 0. The summed E-state index contributed by atoms with van der Waals surface area (Å²) in [5.41, 5.74) is 2.45. The molecule has 3 rings (SSSR count). The van der Waals surface area contributed by atoms with E-state index >= 15 is 0 Å². The molecule has 0 saturated carbocycles. The lowest BCUT2D eigenvalue weighted by molar-refractivity contribution is 0.111. The van der Waals surface area contributed by atoms with E-state index in [0.29, 0.717) is 36.0 Å². The van der Waals surface area contributed by atoms with Gasteiger partial charge >= 0.3 is 0 Å². The predicted molar refractivity (Wildman–Crippen MR) is 99.9 cm³/mol. The highest BCUT2D eigenvalue weighted by Crippen LogP contribution is 2.35. The van der Waals surface area contributed by atoms with Crippen LogP contribution in [-0.4, -0.2) is 13.4 Å². The van der Waals surface area contributed by atoms with E-state index in [1.165, 1.54) is 0 Å². The molecule has 0 fully saturated rings. The SMILES string of the molecule is COc1cc(OCc2ccccc2)cc(C=O)c1OCc1ccccc1. The highest BCUT2D eigenvalue weighted by atomic mass is 16.5. The van der Waals surface area contributed by atoms with Gasteiger partial charge in [0.05, 0.1) is 12.7 Å². The second kappa shape index (κ2) is 8.72. The average molecular weight is 348 g/mol. The molecule has 0 aliphatic heterocycles. The Hall–Kier alpha value is -3.27. The van der Waals surface area contributed by atoms with Crippen molar-refractivity contribution in [2.75, 3.05) is 7.11 Å². The quantitative estimate of drug-likeness (QED) is 0.555. The molecule has 4 nitrogen and oxygen atoms in total. The van der Waals surface area contributed by atoms with Crippen molar-refractivity contribution in [3.63, 3.8) is 0 Å². The molecule has 0 atom stereocenters. The fourth-order valence-corrected chi connectivity index (χ4v) is 2.55.